The molecule has 1 amide bonds. The van der Waals surface area contributed by atoms with E-state index in [0.717, 1.165) is 34.6 Å². The first-order valence-electron chi connectivity index (χ1n) is 9.31. The van der Waals surface area contributed by atoms with E-state index in [-0.39, 0.29) is 11.9 Å². The fourth-order valence-corrected chi connectivity index (χ4v) is 3.89. The summed E-state index contributed by atoms with van der Waals surface area (Å²) in [5, 5.41) is 7.33. The van der Waals surface area contributed by atoms with Crippen LogP contribution in [0, 0.1) is 6.92 Å². The van der Waals surface area contributed by atoms with Gasteiger partial charge in [0.15, 0.2) is 0 Å². The first kappa shape index (κ1) is 17.5. The van der Waals surface area contributed by atoms with Crippen LogP contribution < -0.4 is 4.90 Å². The van der Waals surface area contributed by atoms with Crippen LogP contribution in [0.15, 0.2) is 60.8 Å². The standard InChI is InChI=1S/C22H24N4O/c1-16-8-6-7-11-20(16)26-17(2)13-25(15-21(26)27)14-19-12-23-24-22(19)18-9-4-3-5-10-18/h3-12,17H,13-15H2,1-2H3,(H,23,24). The van der Waals surface area contributed by atoms with Crippen molar-refractivity contribution in [2.24, 2.45) is 0 Å². The molecule has 1 fully saturated rings. The molecule has 1 aromatic heterocycles. The summed E-state index contributed by atoms with van der Waals surface area (Å²) in [5.41, 5.74) is 5.40. The van der Waals surface area contributed by atoms with Gasteiger partial charge < -0.3 is 4.90 Å². The molecule has 0 bridgehead atoms. The zero-order valence-corrected chi connectivity index (χ0v) is 15.7. The maximum Gasteiger partial charge on any atom is 0.241 e. The average molecular weight is 360 g/mol. The lowest BCUT2D eigenvalue weighted by atomic mass is 10.1. The van der Waals surface area contributed by atoms with Crippen molar-refractivity contribution in [2.45, 2.75) is 26.4 Å². The Hall–Kier alpha value is -2.92. The molecule has 1 saturated heterocycles. The quantitative estimate of drug-likeness (QED) is 0.773. The van der Waals surface area contributed by atoms with Crippen molar-refractivity contribution in [1.29, 1.82) is 0 Å². The van der Waals surface area contributed by atoms with Crippen LogP contribution in [0.25, 0.3) is 11.3 Å². The third kappa shape index (κ3) is 3.51. The van der Waals surface area contributed by atoms with Gasteiger partial charge in [-0.3, -0.25) is 14.8 Å². The van der Waals surface area contributed by atoms with Gasteiger partial charge in [0.2, 0.25) is 5.91 Å². The Balaban J connectivity index is 1.52. The minimum Gasteiger partial charge on any atom is -0.307 e. The van der Waals surface area contributed by atoms with Crippen molar-refractivity contribution >= 4 is 11.6 Å². The molecule has 0 aliphatic carbocycles. The van der Waals surface area contributed by atoms with Crippen molar-refractivity contribution < 1.29 is 4.79 Å². The first-order valence-corrected chi connectivity index (χ1v) is 9.31. The lowest BCUT2D eigenvalue weighted by molar-refractivity contribution is -0.122. The Morgan fingerprint density at radius 1 is 1.11 bits per heavy atom. The Kier molecular flexibility index (Phi) is 4.77. The number of anilines is 1. The van der Waals surface area contributed by atoms with Crippen molar-refractivity contribution in [3.8, 4) is 11.3 Å². The van der Waals surface area contributed by atoms with E-state index in [1.807, 2.05) is 47.5 Å². The maximum absolute atomic E-state index is 12.9. The van der Waals surface area contributed by atoms with Crippen LogP contribution in [0.3, 0.4) is 0 Å². The van der Waals surface area contributed by atoms with Crippen molar-refractivity contribution in [2.75, 3.05) is 18.0 Å². The van der Waals surface area contributed by atoms with Gasteiger partial charge in [0.25, 0.3) is 0 Å². The van der Waals surface area contributed by atoms with Crippen LogP contribution in [-0.2, 0) is 11.3 Å². The highest BCUT2D eigenvalue weighted by atomic mass is 16.2. The van der Waals surface area contributed by atoms with Gasteiger partial charge in [-0.15, -0.1) is 0 Å². The molecular formula is C22H24N4O. The van der Waals surface area contributed by atoms with Gasteiger partial charge in [-0.1, -0.05) is 48.5 Å². The van der Waals surface area contributed by atoms with Gasteiger partial charge in [0.05, 0.1) is 18.4 Å². The maximum atomic E-state index is 12.9. The van der Waals surface area contributed by atoms with E-state index in [0.29, 0.717) is 13.1 Å². The molecule has 5 heteroatoms. The number of amides is 1. The van der Waals surface area contributed by atoms with Gasteiger partial charge in [-0.25, -0.2) is 0 Å². The number of rotatable bonds is 4. The highest BCUT2D eigenvalue weighted by Crippen LogP contribution is 2.27. The summed E-state index contributed by atoms with van der Waals surface area (Å²) in [5.74, 6) is 0.146. The lowest BCUT2D eigenvalue weighted by Crippen LogP contribution is -2.55. The lowest BCUT2D eigenvalue weighted by Gasteiger charge is -2.40. The van der Waals surface area contributed by atoms with Crippen LogP contribution in [0.2, 0.25) is 0 Å². The molecule has 27 heavy (non-hydrogen) atoms. The molecular weight excluding hydrogens is 336 g/mol. The number of para-hydroxylation sites is 1. The van der Waals surface area contributed by atoms with Crippen LogP contribution in [0.4, 0.5) is 5.69 Å². The molecule has 0 radical (unpaired) electrons. The number of hydrogen-bond donors (Lipinski definition) is 1. The molecule has 5 nitrogen and oxygen atoms in total. The Labute approximate surface area is 159 Å². The SMILES string of the molecule is Cc1ccccc1N1C(=O)CN(Cc2cn[nH]c2-c2ccccc2)CC1C. The highest BCUT2D eigenvalue weighted by Gasteiger charge is 2.31. The third-order valence-electron chi connectivity index (χ3n) is 5.14. The third-order valence-corrected chi connectivity index (χ3v) is 5.14. The van der Waals surface area contributed by atoms with E-state index < -0.39 is 0 Å². The van der Waals surface area contributed by atoms with Crippen LogP contribution in [0.1, 0.15) is 18.1 Å². The van der Waals surface area contributed by atoms with Crippen molar-refractivity contribution in [1.82, 2.24) is 15.1 Å². The average Bonchev–Trinajstić information content (AvgIpc) is 3.11. The zero-order chi connectivity index (χ0) is 18.8. The molecule has 0 spiro atoms. The summed E-state index contributed by atoms with van der Waals surface area (Å²) in [6.07, 6.45) is 1.87. The number of aryl methyl sites for hydroxylation is 1. The van der Waals surface area contributed by atoms with Gasteiger partial charge in [0, 0.05) is 30.4 Å². The van der Waals surface area contributed by atoms with E-state index in [9.17, 15) is 4.79 Å². The molecule has 1 aliphatic rings. The topological polar surface area (TPSA) is 52.2 Å². The minimum absolute atomic E-state index is 0.124. The van der Waals surface area contributed by atoms with Crippen molar-refractivity contribution in [3.05, 3.63) is 71.9 Å². The number of H-pyrrole nitrogens is 1. The summed E-state index contributed by atoms with van der Waals surface area (Å²) in [4.78, 5) is 17.1. The Morgan fingerprint density at radius 2 is 1.85 bits per heavy atom. The summed E-state index contributed by atoms with van der Waals surface area (Å²) < 4.78 is 0. The smallest absolute Gasteiger partial charge is 0.241 e. The fraction of sp³-hybridized carbons (Fsp3) is 0.273. The molecule has 2 aromatic carbocycles. The summed E-state index contributed by atoms with van der Waals surface area (Å²) in [6.45, 7) is 6.12. The van der Waals surface area contributed by atoms with E-state index in [1.54, 1.807) is 0 Å². The molecule has 138 valence electrons. The molecule has 3 aromatic rings. The molecule has 1 atom stereocenters. The molecule has 0 saturated carbocycles. The van der Waals surface area contributed by atoms with Gasteiger partial charge in [-0.2, -0.15) is 5.10 Å². The number of carbonyl (C=O) groups is 1. The molecule has 1 aliphatic heterocycles. The second kappa shape index (κ2) is 7.37. The molecule has 4 rings (SSSR count). The van der Waals surface area contributed by atoms with Crippen LogP contribution in [0.5, 0.6) is 0 Å². The number of aromatic amines is 1. The Bertz CT molecular complexity index is 934. The first-order chi connectivity index (χ1) is 13.1. The molecule has 2 heterocycles. The van der Waals surface area contributed by atoms with Gasteiger partial charge >= 0.3 is 0 Å². The van der Waals surface area contributed by atoms with E-state index in [2.05, 4.69) is 47.1 Å². The second-order valence-electron chi connectivity index (χ2n) is 7.21. The minimum atomic E-state index is 0.124. The number of benzene rings is 2. The molecule has 1 unspecified atom stereocenters. The normalized spacial score (nSPS) is 18.1. The number of nitrogens with zero attached hydrogens (tertiary/aromatic N) is 3. The number of aromatic nitrogens is 2. The number of carbonyl (C=O) groups excluding carboxylic acids is 1. The number of hydrogen-bond acceptors (Lipinski definition) is 3. The fourth-order valence-electron chi connectivity index (χ4n) is 3.89. The van der Waals surface area contributed by atoms with Crippen LogP contribution in [-0.4, -0.2) is 40.1 Å². The number of piperazine rings is 1. The monoisotopic (exact) mass is 360 g/mol. The second-order valence-corrected chi connectivity index (χ2v) is 7.21. The van der Waals surface area contributed by atoms with Gasteiger partial charge in [0.1, 0.15) is 0 Å². The Morgan fingerprint density at radius 3 is 2.59 bits per heavy atom. The van der Waals surface area contributed by atoms with Crippen molar-refractivity contribution in [3.63, 3.8) is 0 Å². The van der Waals surface area contributed by atoms with E-state index in [1.165, 1.54) is 0 Å². The van der Waals surface area contributed by atoms with E-state index in [4.69, 9.17) is 0 Å². The van der Waals surface area contributed by atoms with E-state index >= 15 is 0 Å². The predicted octanol–water partition coefficient (Wildman–Crippen LogP) is 3.62. The van der Waals surface area contributed by atoms with Crippen LogP contribution >= 0.6 is 0 Å². The highest BCUT2D eigenvalue weighted by molar-refractivity contribution is 5.96. The summed E-state index contributed by atoms with van der Waals surface area (Å²) in [6, 6.07) is 18.4. The summed E-state index contributed by atoms with van der Waals surface area (Å²) in [7, 11) is 0. The predicted molar refractivity (Wildman–Crippen MR) is 107 cm³/mol. The largest absolute Gasteiger partial charge is 0.307 e. The summed E-state index contributed by atoms with van der Waals surface area (Å²) >= 11 is 0. The molecule has 1 N–H and O–H groups in total. The zero-order valence-electron chi connectivity index (χ0n) is 15.7. The number of nitrogens with one attached hydrogen (secondary N) is 1. The van der Waals surface area contributed by atoms with Gasteiger partial charge in [-0.05, 0) is 31.0 Å².